The van der Waals surface area contributed by atoms with Crippen LogP contribution < -0.4 is 5.73 Å². The number of benzene rings is 2. The Morgan fingerprint density at radius 3 is 2.43 bits per heavy atom. The average molecular weight is 386 g/mol. The van der Waals surface area contributed by atoms with Crippen molar-refractivity contribution in [1.29, 1.82) is 0 Å². The van der Waals surface area contributed by atoms with Crippen LogP contribution in [0.1, 0.15) is 45.6 Å². The third-order valence-electron chi connectivity index (χ3n) is 4.35. The van der Waals surface area contributed by atoms with Gasteiger partial charge in [0, 0.05) is 13.1 Å². The topological polar surface area (TPSA) is 92.9 Å². The summed E-state index contributed by atoms with van der Waals surface area (Å²) in [6, 6.07) is 13.4. The average Bonchev–Trinajstić information content (AvgIpc) is 2.62. The number of carbonyl (C=O) groups excluding carboxylic acids is 1. The number of carbonyl (C=O) groups is 2. The maximum atomic E-state index is 12.6. The molecule has 0 aliphatic carbocycles. The number of amides is 1. The van der Waals surface area contributed by atoms with Crippen LogP contribution in [-0.4, -0.2) is 40.3 Å². The van der Waals surface area contributed by atoms with E-state index in [-0.39, 0.29) is 6.09 Å². The van der Waals surface area contributed by atoms with Crippen molar-refractivity contribution in [2.75, 3.05) is 6.54 Å². The molecule has 1 unspecified atom stereocenters. The molecule has 6 heteroatoms. The fourth-order valence-electron chi connectivity index (χ4n) is 2.91. The number of nitrogens with two attached hydrogens (primary N) is 1. The van der Waals surface area contributed by atoms with Crippen molar-refractivity contribution in [2.45, 2.75) is 58.2 Å². The molecule has 2 rings (SSSR count). The van der Waals surface area contributed by atoms with E-state index in [1.807, 2.05) is 51.1 Å². The summed E-state index contributed by atoms with van der Waals surface area (Å²) >= 11 is 0. The van der Waals surface area contributed by atoms with Crippen molar-refractivity contribution < 1.29 is 19.4 Å². The Kier molecular flexibility index (Phi) is 7.40. The van der Waals surface area contributed by atoms with E-state index >= 15 is 0 Å². The first kappa shape index (κ1) is 21.7. The number of nitrogens with zero attached hydrogens (tertiary/aromatic N) is 1. The van der Waals surface area contributed by atoms with Gasteiger partial charge in [-0.2, -0.15) is 0 Å². The maximum Gasteiger partial charge on any atom is 0.410 e. The number of ether oxygens (including phenoxy) is 1. The van der Waals surface area contributed by atoms with E-state index in [0.717, 1.165) is 16.3 Å². The van der Waals surface area contributed by atoms with Gasteiger partial charge >= 0.3 is 12.1 Å². The van der Waals surface area contributed by atoms with Crippen LogP contribution in [0.2, 0.25) is 0 Å². The lowest BCUT2D eigenvalue weighted by Gasteiger charge is -2.27. The minimum absolute atomic E-state index is 0.372. The van der Waals surface area contributed by atoms with E-state index in [4.69, 9.17) is 15.6 Å². The van der Waals surface area contributed by atoms with Gasteiger partial charge < -0.3 is 20.5 Å². The lowest BCUT2D eigenvalue weighted by Crippen LogP contribution is -2.37. The highest BCUT2D eigenvalue weighted by atomic mass is 16.6. The fourth-order valence-corrected chi connectivity index (χ4v) is 2.91. The highest BCUT2D eigenvalue weighted by molar-refractivity contribution is 5.83. The molecule has 3 N–H and O–H groups in total. The van der Waals surface area contributed by atoms with Crippen LogP contribution in [-0.2, 0) is 16.1 Å². The van der Waals surface area contributed by atoms with Gasteiger partial charge in [-0.05, 0) is 62.4 Å². The van der Waals surface area contributed by atoms with E-state index in [1.54, 1.807) is 4.90 Å². The molecule has 1 atom stereocenters. The Labute approximate surface area is 166 Å². The van der Waals surface area contributed by atoms with Gasteiger partial charge in [0.1, 0.15) is 11.6 Å². The summed E-state index contributed by atoms with van der Waals surface area (Å²) in [7, 11) is 0. The van der Waals surface area contributed by atoms with Gasteiger partial charge in [-0.1, -0.05) is 36.4 Å². The van der Waals surface area contributed by atoms with Gasteiger partial charge in [0.05, 0.1) is 0 Å². The fraction of sp³-hybridized carbons (Fsp3) is 0.455. The lowest BCUT2D eigenvalue weighted by molar-refractivity contribution is -0.138. The van der Waals surface area contributed by atoms with Crippen LogP contribution in [0.4, 0.5) is 4.79 Å². The second-order valence-corrected chi connectivity index (χ2v) is 8.02. The standard InChI is InChI=1S/C22H30N2O4/c1-22(2,3)28-21(27)24(13-7-6-10-19(23)20(25)26)15-16-11-12-17-8-4-5-9-18(17)14-16/h4-5,8-9,11-12,14,19H,6-7,10,13,15,23H2,1-3H3,(H,25,26). The van der Waals surface area contributed by atoms with Crippen molar-refractivity contribution >= 4 is 22.8 Å². The van der Waals surface area contributed by atoms with Crippen LogP contribution in [0.15, 0.2) is 42.5 Å². The van der Waals surface area contributed by atoms with Gasteiger partial charge in [-0.3, -0.25) is 4.79 Å². The van der Waals surface area contributed by atoms with E-state index in [2.05, 4.69) is 12.1 Å². The van der Waals surface area contributed by atoms with Gasteiger partial charge in [0.25, 0.3) is 0 Å². The minimum Gasteiger partial charge on any atom is -0.480 e. The number of unbranched alkanes of at least 4 members (excludes halogenated alkanes) is 1. The second kappa shape index (κ2) is 9.55. The smallest absolute Gasteiger partial charge is 0.410 e. The Bertz CT molecular complexity index is 814. The van der Waals surface area contributed by atoms with E-state index < -0.39 is 17.6 Å². The van der Waals surface area contributed by atoms with Gasteiger partial charge in [-0.15, -0.1) is 0 Å². The Hall–Kier alpha value is -2.60. The van der Waals surface area contributed by atoms with Crippen molar-refractivity contribution in [3.05, 3.63) is 48.0 Å². The third kappa shape index (κ3) is 6.85. The van der Waals surface area contributed by atoms with E-state index in [1.165, 1.54) is 0 Å². The van der Waals surface area contributed by atoms with E-state index in [9.17, 15) is 9.59 Å². The highest BCUT2D eigenvalue weighted by Crippen LogP contribution is 2.19. The largest absolute Gasteiger partial charge is 0.480 e. The molecule has 0 aliphatic heterocycles. The molecule has 0 spiro atoms. The van der Waals surface area contributed by atoms with Gasteiger partial charge in [0.15, 0.2) is 0 Å². The number of hydrogen-bond donors (Lipinski definition) is 2. The van der Waals surface area contributed by atoms with Gasteiger partial charge in [-0.25, -0.2) is 4.79 Å². The number of carboxylic acid groups (broad SMARTS) is 1. The molecule has 6 nitrogen and oxygen atoms in total. The first-order valence-corrected chi connectivity index (χ1v) is 9.60. The molecular formula is C22H30N2O4. The Balaban J connectivity index is 2.05. The zero-order chi connectivity index (χ0) is 20.7. The zero-order valence-electron chi connectivity index (χ0n) is 16.9. The summed E-state index contributed by atoms with van der Waals surface area (Å²) < 4.78 is 5.54. The van der Waals surface area contributed by atoms with Crippen LogP contribution in [0, 0.1) is 0 Å². The maximum absolute atomic E-state index is 12.6. The quantitative estimate of drug-likeness (QED) is 0.665. The summed E-state index contributed by atoms with van der Waals surface area (Å²) in [4.78, 5) is 25.1. The highest BCUT2D eigenvalue weighted by Gasteiger charge is 2.22. The minimum atomic E-state index is -1.000. The number of carboxylic acids is 1. The molecule has 2 aromatic carbocycles. The lowest BCUT2D eigenvalue weighted by atomic mass is 10.1. The number of aliphatic carboxylic acids is 1. The molecule has 2 aromatic rings. The first-order chi connectivity index (χ1) is 13.2. The summed E-state index contributed by atoms with van der Waals surface area (Å²) in [6.07, 6.45) is 1.30. The number of hydrogen-bond acceptors (Lipinski definition) is 4. The van der Waals surface area contributed by atoms with Crippen molar-refractivity contribution in [1.82, 2.24) is 4.90 Å². The molecule has 0 bridgehead atoms. The molecule has 28 heavy (non-hydrogen) atoms. The Morgan fingerprint density at radius 1 is 1.11 bits per heavy atom. The molecule has 152 valence electrons. The molecule has 0 aromatic heterocycles. The molecular weight excluding hydrogens is 356 g/mol. The molecule has 0 fully saturated rings. The summed E-state index contributed by atoms with van der Waals surface area (Å²) in [5, 5.41) is 11.2. The predicted molar refractivity (Wildman–Crippen MR) is 110 cm³/mol. The number of rotatable bonds is 8. The molecule has 0 aliphatic rings. The van der Waals surface area contributed by atoms with Crippen LogP contribution >= 0.6 is 0 Å². The second-order valence-electron chi connectivity index (χ2n) is 8.02. The zero-order valence-corrected chi connectivity index (χ0v) is 16.9. The first-order valence-electron chi connectivity index (χ1n) is 9.60. The van der Waals surface area contributed by atoms with Crippen molar-refractivity contribution in [3.8, 4) is 0 Å². The normalized spacial score (nSPS) is 12.6. The SMILES string of the molecule is CC(C)(C)OC(=O)N(CCCCC(N)C(=O)O)Cc1ccc2ccccc2c1. The predicted octanol–water partition coefficient (Wildman–Crippen LogP) is 4.16. The summed E-state index contributed by atoms with van der Waals surface area (Å²) in [5.74, 6) is -1.000. The Morgan fingerprint density at radius 2 is 1.79 bits per heavy atom. The molecule has 0 saturated carbocycles. The van der Waals surface area contributed by atoms with E-state index in [0.29, 0.717) is 32.4 Å². The van der Waals surface area contributed by atoms with Crippen LogP contribution in [0.5, 0.6) is 0 Å². The summed E-state index contributed by atoms with van der Waals surface area (Å²) in [6.45, 7) is 6.43. The van der Waals surface area contributed by atoms with Gasteiger partial charge in [0.2, 0.25) is 0 Å². The molecule has 0 radical (unpaired) electrons. The van der Waals surface area contributed by atoms with Crippen LogP contribution in [0.3, 0.4) is 0 Å². The van der Waals surface area contributed by atoms with Crippen molar-refractivity contribution in [2.24, 2.45) is 5.73 Å². The monoisotopic (exact) mass is 386 g/mol. The third-order valence-corrected chi connectivity index (χ3v) is 4.35. The van der Waals surface area contributed by atoms with Crippen LogP contribution in [0.25, 0.3) is 10.8 Å². The van der Waals surface area contributed by atoms with Crippen molar-refractivity contribution in [3.63, 3.8) is 0 Å². The number of fused-ring (bicyclic) bond motifs is 1. The summed E-state index contributed by atoms with van der Waals surface area (Å²) in [5.41, 5.74) is 5.99. The molecule has 0 saturated heterocycles. The molecule has 0 heterocycles. The molecule has 1 amide bonds.